The summed E-state index contributed by atoms with van der Waals surface area (Å²) in [6.45, 7) is 4.34. The molecular formula is C20H20N2O2S. The Morgan fingerprint density at radius 3 is 2.16 bits per heavy atom. The summed E-state index contributed by atoms with van der Waals surface area (Å²) >= 11 is 1.69. The molecule has 1 saturated heterocycles. The van der Waals surface area contributed by atoms with Gasteiger partial charge in [0.2, 0.25) is 0 Å². The monoisotopic (exact) mass is 352 g/mol. The van der Waals surface area contributed by atoms with E-state index in [1.807, 2.05) is 67.3 Å². The zero-order valence-corrected chi connectivity index (χ0v) is 15.1. The Morgan fingerprint density at radius 1 is 1.00 bits per heavy atom. The van der Waals surface area contributed by atoms with Crippen LogP contribution >= 0.6 is 11.8 Å². The smallest absolute Gasteiger partial charge is 0.320 e. The maximum atomic E-state index is 13.5. The highest BCUT2D eigenvalue weighted by molar-refractivity contribution is 7.99. The van der Waals surface area contributed by atoms with Crippen molar-refractivity contribution in [3.63, 3.8) is 0 Å². The third-order valence-corrected chi connectivity index (χ3v) is 6.05. The molecule has 1 fully saturated rings. The van der Waals surface area contributed by atoms with Crippen molar-refractivity contribution in [2.24, 2.45) is 5.92 Å². The predicted molar refractivity (Wildman–Crippen MR) is 99.5 cm³/mol. The van der Waals surface area contributed by atoms with Crippen LogP contribution in [0.2, 0.25) is 0 Å². The lowest BCUT2D eigenvalue weighted by Gasteiger charge is -2.40. The van der Waals surface area contributed by atoms with E-state index in [0.29, 0.717) is 13.0 Å². The Balaban J connectivity index is 1.77. The molecule has 2 atom stereocenters. The van der Waals surface area contributed by atoms with Gasteiger partial charge in [-0.25, -0.2) is 4.79 Å². The number of benzene rings is 2. The zero-order valence-electron chi connectivity index (χ0n) is 14.3. The summed E-state index contributed by atoms with van der Waals surface area (Å²) in [6, 6.07) is 15.8. The van der Waals surface area contributed by atoms with Crippen LogP contribution in [-0.4, -0.2) is 29.3 Å². The molecule has 2 aliphatic rings. The number of piperidine rings is 1. The summed E-state index contributed by atoms with van der Waals surface area (Å²) in [5, 5.41) is 0. The Morgan fingerprint density at radius 2 is 1.56 bits per heavy atom. The third-order valence-electron chi connectivity index (χ3n) is 4.92. The number of rotatable bonds is 0. The van der Waals surface area contributed by atoms with Crippen LogP contribution in [0.1, 0.15) is 20.3 Å². The maximum Gasteiger partial charge on any atom is 0.329 e. The van der Waals surface area contributed by atoms with Crippen LogP contribution in [0, 0.1) is 5.92 Å². The van der Waals surface area contributed by atoms with Gasteiger partial charge in [-0.05, 0) is 31.2 Å². The second-order valence-electron chi connectivity index (χ2n) is 6.73. The van der Waals surface area contributed by atoms with E-state index in [9.17, 15) is 9.59 Å². The molecule has 2 heterocycles. The second kappa shape index (κ2) is 6.23. The molecule has 2 aromatic rings. The molecular weight excluding hydrogens is 332 g/mol. The lowest BCUT2D eigenvalue weighted by molar-refractivity contribution is -0.126. The number of fused-ring (bicyclic) bond motifs is 2. The standard InChI is InChI=1S/C20H20N2O2S/c1-13-12-21(14(2)11-17(13)23)20(24)22-15-7-3-5-9-18(15)25-19-10-6-4-8-16(19)22/h3-10,13-14H,11-12H2,1-2H3/t13-,14+/m1/s1. The van der Waals surface area contributed by atoms with Crippen molar-refractivity contribution in [1.82, 2.24) is 4.90 Å². The number of ketones is 1. The molecule has 128 valence electrons. The van der Waals surface area contributed by atoms with Gasteiger partial charge in [0, 0.05) is 34.7 Å². The molecule has 0 N–H and O–H groups in total. The van der Waals surface area contributed by atoms with Crippen LogP contribution in [0.4, 0.5) is 16.2 Å². The first-order chi connectivity index (χ1) is 12.1. The largest absolute Gasteiger partial charge is 0.329 e. The number of carbonyl (C=O) groups excluding carboxylic acids is 2. The first-order valence-corrected chi connectivity index (χ1v) is 9.37. The Kier molecular flexibility index (Phi) is 4.04. The van der Waals surface area contributed by atoms with Gasteiger partial charge in [-0.2, -0.15) is 0 Å². The van der Waals surface area contributed by atoms with Gasteiger partial charge < -0.3 is 4.90 Å². The minimum absolute atomic E-state index is 0.0490. The van der Waals surface area contributed by atoms with Gasteiger partial charge in [0.05, 0.1) is 11.4 Å². The Labute approximate surface area is 151 Å². The van der Waals surface area contributed by atoms with Crippen molar-refractivity contribution in [3.8, 4) is 0 Å². The number of hydrogen-bond acceptors (Lipinski definition) is 3. The Bertz CT molecular complexity index is 806. The summed E-state index contributed by atoms with van der Waals surface area (Å²) in [6.07, 6.45) is 0.429. The zero-order chi connectivity index (χ0) is 17.6. The molecule has 4 nitrogen and oxygen atoms in total. The fourth-order valence-corrected chi connectivity index (χ4v) is 4.54. The summed E-state index contributed by atoms with van der Waals surface area (Å²) in [5.74, 6) is 0.136. The minimum Gasteiger partial charge on any atom is -0.320 e. The molecule has 0 saturated carbocycles. The van der Waals surface area contributed by atoms with E-state index in [-0.39, 0.29) is 23.8 Å². The fourth-order valence-electron chi connectivity index (χ4n) is 3.49. The molecule has 2 aliphatic heterocycles. The highest BCUT2D eigenvalue weighted by atomic mass is 32.2. The van der Waals surface area contributed by atoms with Crippen molar-refractivity contribution in [2.75, 3.05) is 11.4 Å². The topological polar surface area (TPSA) is 40.6 Å². The van der Waals surface area contributed by atoms with Crippen molar-refractivity contribution < 1.29 is 9.59 Å². The second-order valence-corrected chi connectivity index (χ2v) is 7.81. The van der Waals surface area contributed by atoms with Crippen LogP contribution in [0.25, 0.3) is 0 Å². The van der Waals surface area contributed by atoms with Gasteiger partial charge in [0.25, 0.3) is 0 Å². The maximum absolute atomic E-state index is 13.5. The molecule has 0 radical (unpaired) electrons. The van der Waals surface area contributed by atoms with Crippen molar-refractivity contribution in [3.05, 3.63) is 48.5 Å². The van der Waals surface area contributed by atoms with E-state index >= 15 is 0 Å². The van der Waals surface area contributed by atoms with Crippen LogP contribution in [0.3, 0.4) is 0 Å². The average molecular weight is 352 g/mol. The molecule has 0 spiro atoms. The lowest BCUT2D eigenvalue weighted by atomic mass is 9.94. The van der Waals surface area contributed by atoms with Gasteiger partial charge in [-0.1, -0.05) is 43.0 Å². The van der Waals surface area contributed by atoms with E-state index in [1.165, 1.54) is 0 Å². The highest BCUT2D eigenvalue weighted by Crippen LogP contribution is 2.48. The molecule has 0 bridgehead atoms. The number of anilines is 2. The third kappa shape index (κ3) is 2.72. The number of nitrogens with zero attached hydrogens (tertiary/aromatic N) is 2. The molecule has 0 aromatic heterocycles. The number of urea groups is 1. The SMILES string of the molecule is C[C@@H]1CN(C(=O)N2c3ccccc3Sc3ccccc32)[C@@H](C)CC1=O. The van der Waals surface area contributed by atoms with E-state index in [0.717, 1.165) is 21.2 Å². The molecule has 4 rings (SSSR count). The summed E-state index contributed by atoms with van der Waals surface area (Å²) in [5.41, 5.74) is 1.82. The molecule has 0 aliphatic carbocycles. The van der Waals surface area contributed by atoms with Crippen LogP contribution in [0.15, 0.2) is 58.3 Å². The van der Waals surface area contributed by atoms with Crippen molar-refractivity contribution in [1.29, 1.82) is 0 Å². The number of likely N-dealkylation sites (tertiary alicyclic amines) is 1. The number of carbonyl (C=O) groups is 2. The molecule has 2 aromatic carbocycles. The lowest BCUT2D eigenvalue weighted by Crippen LogP contribution is -2.52. The molecule has 5 heteroatoms. The number of amides is 2. The molecule has 2 amide bonds. The van der Waals surface area contributed by atoms with Crippen LogP contribution in [-0.2, 0) is 4.79 Å². The normalized spacial score (nSPS) is 22.4. The Hall–Kier alpha value is -2.27. The van der Waals surface area contributed by atoms with Gasteiger partial charge in [-0.3, -0.25) is 9.69 Å². The highest BCUT2D eigenvalue weighted by Gasteiger charge is 2.37. The van der Waals surface area contributed by atoms with Gasteiger partial charge in [-0.15, -0.1) is 0 Å². The summed E-state index contributed by atoms with van der Waals surface area (Å²) in [4.78, 5) is 31.3. The first-order valence-electron chi connectivity index (χ1n) is 8.55. The summed E-state index contributed by atoms with van der Waals surface area (Å²) < 4.78 is 0. The van der Waals surface area contributed by atoms with E-state index < -0.39 is 0 Å². The first kappa shape index (κ1) is 16.2. The van der Waals surface area contributed by atoms with Gasteiger partial charge in [0.1, 0.15) is 5.78 Å². The van der Waals surface area contributed by atoms with Crippen molar-refractivity contribution >= 4 is 35.0 Å². The number of para-hydroxylation sites is 2. The van der Waals surface area contributed by atoms with E-state index in [2.05, 4.69) is 0 Å². The van der Waals surface area contributed by atoms with Crippen LogP contribution < -0.4 is 4.90 Å². The molecule has 25 heavy (non-hydrogen) atoms. The average Bonchev–Trinajstić information content (AvgIpc) is 2.62. The van der Waals surface area contributed by atoms with Crippen LogP contribution in [0.5, 0.6) is 0 Å². The predicted octanol–water partition coefficient (Wildman–Crippen LogP) is 4.71. The van der Waals surface area contributed by atoms with Crippen molar-refractivity contribution in [2.45, 2.75) is 36.1 Å². The van der Waals surface area contributed by atoms with Gasteiger partial charge >= 0.3 is 6.03 Å². The van der Waals surface area contributed by atoms with Gasteiger partial charge in [0.15, 0.2) is 0 Å². The summed E-state index contributed by atoms with van der Waals surface area (Å²) in [7, 11) is 0. The van der Waals surface area contributed by atoms with E-state index in [4.69, 9.17) is 0 Å². The quantitative estimate of drug-likeness (QED) is 0.689. The fraction of sp³-hybridized carbons (Fsp3) is 0.300. The van der Waals surface area contributed by atoms with E-state index in [1.54, 1.807) is 16.7 Å². The minimum atomic E-state index is -0.107. The number of hydrogen-bond donors (Lipinski definition) is 0. The molecule has 0 unspecified atom stereocenters. The number of Topliss-reactive ketones (excluding diaryl/α,β-unsaturated/α-hetero) is 1.